The Morgan fingerprint density at radius 2 is 1.80 bits per heavy atom. The molecule has 0 saturated carbocycles. The van der Waals surface area contributed by atoms with Crippen LogP contribution in [0.25, 0.3) is 0 Å². The first kappa shape index (κ1) is 14.9. The molecule has 0 radical (unpaired) electrons. The molecule has 0 aliphatic heterocycles. The second-order valence-electron chi connectivity index (χ2n) is 5.42. The van der Waals surface area contributed by atoms with Crippen LogP contribution in [-0.2, 0) is 11.2 Å². The number of methoxy groups -OCH3 is 2. The van der Waals surface area contributed by atoms with Crippen LogP contribution in [0.5, 0.6) is 11.5 Å². The van der Waals surface area contributed by atoms with Gasteiger partial charge in [0, 0.05) is 23.0 Å². The largest absolute Gasteiger partial charge is 0.496 e. The molecular weight excluding hydrogens is 252 g/mol. The summed E-state index contributed by atoms with van der Waals surface area (Å²) in [4.78, 5) is 12.7. The van der Waals surface area contributed by atoms with Crippen LogP contribution in [0, 0.1) is 5.92 Å². The van der Waals surface area contributed by atoms with Gasteiger partial charge in [0.05, 0.1) is 14.2 Å². The molecule has 3 nitrogen and oxygen atoms in total. The molecule has 1 aromatic carbocycles. The Kier molecular flexibility index (Phi) is 4.69. The summed E-state index contributed by atoms with van der Waals surface area (Å²) in [7, 11) is 3.36. The molecule has 0 heterocycles. The minimum atomic E-state index is -0.0428. The second kappa shape index (κ2) is 6.29. The van der Waals surface area contributed by atoms with E-state index in [2.05, 4.69) is 13.8 Å². The van der Waals surface area contributed by atoms with E-state index in [1.807, 2.05) is 12.1 Å². The van der Waals surface area contributed by atoms with Crippen LogP contribution in [0.4, 0.5) is 0 Å². The van der Waals surface area contributed by atoms with Gasteiger partial charge in [0.2, 0.25) is 0 Å². The van der Waals surface area contributed by atoms with Crippen LogP contribution < -0.4 is 9.47 Å². The van der Waals surface area contributed by atoms with E-state index in [4.69, 9.17) is 9.47 Å². The Hall–Kier alpha value is -1.51. The first-order valence-corrected chi connectivity index (χ1v) is 7.45. The summed E-state index contributed by atoms with van der Waals surface area (Å²) in [6.45, 7) is 4.21. The Morgan fingerprint density at radius 1 is 1.15 bits per heavy atom. The molecule has 1 aliphatic rings. The predicted molar refractivity (Wildman–Crippen MR) is 79.7 cm³/mol. The minimum Gasteiger partial charge on any atom is -0.496 e. The monoisotopic (exact) mass is 276 g/mol. The van der Waals surface area contributed by atoms with Gasteiger partial charge in [-0.3, -0.25) is 4.79 Å². The van der Waals surface area contributed by atoms with Gasteiger partial charge in [0.15, 0.2) is 0 Å². The summed E-state index contributed by atoms with van der Waals surface area (Å²) in [6, 6.07) is 3.86. The van der Waals surface area contributed by atoms with E-state index in [0.717, 1.165) is 48.3 Å². The Bertz CT molecular complexity index is 493. The number of carbonyl (C=O) groups is 1. The molecule has 0 saturated heterocycles. The van der Waals surface area contributed by atoms with Crippen molar-refractivity contribution >= 4 is 5.78 Å². The SMILES string of the molecule is CCCC1C(=O)C(CC)Cc2c(OC)ccc(OC)c21. The van der Waals surface area contributed by atoms with Gasteiger partial charge in [-0.15, -0.1) is 0 Å². The van der Waals surface area contributed by atoms with Gasteiger partial charge in [-0.2, -0.15) is 0 Å². The third kappa shape index (κ3) is 2.41. The van der Waals surface area contributed by atoms with E-state index in [1.165, 1.54) is 0 Å². The van der Waals surface area contributed by atoms with Gasteiger partial charge in [-0.05, 0) is 31.4 Å². The van der Waals surface area contributed by atoms with Crippen molar-refractivity contribution in [2.24, 2.45) is 5.92 Å². The first-order valence-electron chi connectivity index (χ1n) is 7.45. The lowest BCUT2D eigenvalue weighted by Gasteiger charge is -2.32. The summed E-state index contributed by atoms with van der Waals surface area (Å²) < 4.78 is 11.0. The number of ketones is 1. The van der Waals surface area contributed by atoms with Crippen LogP contribution in [0.1, 0.15) is 50.2 Å². The Balaban J connectivity index is 2.60. The fraction of sp³-hybridized carbons (Fsp3) is 0.588. The summed E-state index contributed by atoms with van der Waals surface area (Å²) in [6.07, 6.45) is 3.53. The average molecular weight is 276 g/mol. The Morgan fingerprint density at radius 3 is 2.35 bits per heavy atom. The van der Waals surface area contributed by atoms with Crippen LogP contribution >= 0.6 is 0 Å². The fourth-order valence-electron chi connectivity index (χ4n) is 3.28. The molecule has 2 rings (SSSR count). The Labute approximate surface area is 121 Å². The maximum atomic E-state index is 12.7. The smallest absolute Gasteiger partial charge is 0.143 e. The third-order valence-electron chi connectivity index (χ3n) is 4.33. The summed E-state index contributed by atoms with van der Waals surface area (Å²) >= 11 is 0. The van der Waals surface area contributed by atoms with Crippen molar-refractivity contribution in [3.63, 3.8) is 0 Å². The molecule has 1 aliphatic carbocycles. The first-order chi connectivity index (χ1) is 9.67. The normalized spacial score (nSPS) is 21.5. The van der Waals surface area contributed by atoms with Gasteiger partial charge < -0.3 is 9.47 Å². The molecule has 0 bridgehead atoms. The summed E-state index contributed by atoms with van der Waals surface area (Å²) in [5, 5.41) is 0. The van der Waals surface area contributed by atoms with E-state index >= 15 is 0 Å². The lowest BCUT2D eigenvalue weighted by molar-refractivity contribution is -0.125. The van der Waals surface area contributed by atoms with Crippen molar-refractivity contribution in [3.05, 3.63) is 23.3 Å². The van der Waals surface area contributed by atoms with Gasteiger partial charge in [0.25, 0.3) is 0 Å². The molecule has 110 valence electrons. The number of carbonyl (C=O) groups excluding carboxylic acids is 1. The highest BCUT2D eigenvalue weighted by Crippen LogP contribution is 2.44. The van der Waals surface area contributed by atoms with E-state index in [1.54, 1.807) is 14.2 Å². The number of hydrogen-bond acceptors (Lipinski definition) is 3. The number of rotatable bonds is 5. The number of benzene rings is 1. The van der Waals surface area contributed by atoms with Crippen molar-refractivity contribution < 1.29 is 14.3 Å². The molecule has 0 amide bonds. The van der Waals surface area contributed by atoms with Crippen molar-refractivity contribution in [2.45, 2.75) is 45.4 Å². The maximum Gasteiger partial charge on any atom is 0.143 e. The van der Waals surface area contributed by atoms with Gasteiger partial charge in [-0.1, -0.05) is 20.3 Å². The number of Topliss-reactive ketones (excluding diaryl/α,β-unsaturated/α-hetero) is 1. The van der Waals surface area contributed by atoms with Crippen molar-refractivity contribution in [1.29, 1.82) is 0 Å². The highest BCUT2D eigenvalue weighted by molar-refractivity contribution is 5.91. The van der Waals surface area contributed by atoms with Crippen LogP contribution in [-0.4, -0.2) is 20.0 Å². The second-order valence-corrected chi connectivity index (χ2v) is 5.42. The predicted octanol–water partition coefficient (Wildman–Crippen LogP) is 3.74. The molecule has 0 spiro atoms. The quantitative estimate of drug-likeness (QED) is 0.822. The molecule has 0 fully saturated rings. The van der Waals surface area contributed by atoms with E-state index in [0.29, 0.717) is 5.78 Å². The molecule has 2 unspecified atom stereocenters. The van der Waals surface area contributed by atoms with E-state index < -0.39 is 0 Å². The molecule has 1 aromatic rings. The topological polar surface area (TPSA) is 35.5 Å². The molecule has 0 aromatic heterocycles. The van der Waals surface area contributed by atoms with Crippen LogP contribution in [0.2, 0.25) is 0 Å². The lowest BCUT2D eigenvalue weighted by Crippen LogP contribution is -2.30. The molecular formula is C17H24O3. The molecule has 20 heavy (non-hydrogen) atoms. The number of ether oxygens (including phenoxy) is 2. The van der Waals surface area contributed by atoms with Crippen molar-refractivity contribution in [2.75, 3.05) is 14.2 Å². The molecule has 2 atom stereocenters. The summed E-state index contributed by atoms with van der Waals surface area (Å²) in [5.74, 6) is 2.14. The zero-order valence-electron chi connectivity index (χ0n) is 12.9. The highest BCUT2D eigenvalue weighted by atomic mass is 16.5. The zero-order valence-corrected chi connectivity index (χ0v) is 12.9. The maximum absolute atomic E-state index is 12.7. The van der Waals surface area contributed by atoms with Crippen molar-refractivity contribution in [3.8, 4) is 11.5 Å². The van der Waals surface area contributed by atoms with Gasteiger partial charge >= 0.3 is 0 Å². The van der Waals surface area contributed by atoms with Gasteiger partial charge in [0.1, 0.15) is 17.3 Å². The molecule has 0 N–H and O–H groups in total. The number of fused-ring (bicyclic) bond motifs is 1. The molecule has 3 heteroatoms. The fourth-order valence-corrected chi connectivity index (χ4v) is 3.28. The zero-order chi connectivity index (χ0) is 14.7. The van der Waals surface area contributed by atoms with Crippen LogP contribution in [0.15, 0.2) is 12.1 Å². The number of hydrogen-bond donors (Lipinski definition) is 0. The standard InChI is InChI=1S/C17H24O3/c1-5-7-12-16-13(10-11(6-2)17(12)18)14(19-3)8-9-15(16)20-4/h8-9,11-12H,5-7,10H2,1-4H3. The van der Waals surface area contributed by atoms with E-state index in [-0.39, 0.29) is 11.8 Å². The lowest BCUT2D eigenvalue weighted by atomic mass is 9.72. The van der Waals surface area contributed by atoms with E-state index in [9.17, 15) is 4.79 Å². The van der Waals surface area contributed by atoms with Gasteiger partial charge in [-0.25, -0.2) is 0 Å². The minimum absolute atomic E-state index is 0.0428. The highest BCUT2D eigenvalue weighted by Gasteiger charge is 2.37. The third-order valence-corrected chi connectivity index (χ3v) is 4.33. The average Bonchev–Trinajstić information content (AvgIpc) is 2.48. The van der Waals surface area contributed by atoms with Crippen LogP contribution in [0.3, 0.4) is 0 Å². The summed E-state index contributed by atoms with van der Waals surface area (Å²) in [5.41, 5.74) is 2.22. The van der Waals surface area contributed by atoms with Crippen molar-refractivity contribution in [1.82, 2.24) is 0 Å².